The third-order valence-corrected chi connectivity index (χ3v) is 6.34. The Kier molecular flexibility index (Phi) is 6.88. The molecule has 2 aromatic rings. The molecule has 1 aliphatic rings. The zero-order valence-electron chi connectivity index (χ0n) is 17.3. The number of benzene rings is 2. The number of carbonyl (C=O) groups is 1. The van der Waals surface area contributed by atoms with E-state index in [1.54, 1.807) is 18.2 Å². The highest BCUT2D eigenvalue weighted by atomic mass is 32.2. The number of nitro groups is 1. The van der Waals surface area contributed by atoms with Crippen molar-refractivity contribution < 1.29 is 22.9 Å². The first-order chi connectivity index (χ1) is 14.7. The molecule has 1 heterocycles. The van der Waals surface area contributed by atoms with Crippen molar-refractivity contribution in [2.24, 2.45) is 0 Å². The van der Waals surface area contributed by atoms with E-state index in [9.17, 15) is 23.3 Å². The number of hydrogen-bond acceptors (Lipinski definition) is 7. The number of nitrogens with one attached hydrogen (secondary N) is 1. The number of rotatable bonds is 7. The number of ether oxygens (including phenoxy) is 1. The fraction of sp³-hybridized carbons (Fsp3) is 0.350. The lowest BCUT2D eigenvalue weighted by atomic mass is 10.1. The van der Waals surface area contributed by atoms with Crippen molar-refractivity contribution in [3.63, 3.8) is 0 Å². The van der Waals surface area contributed by atoms with Crippen LogP contribution in [0.4, 0.5) is 11.4 Å². The fourth-order valence-corrected chi connectivity index (χ4v) is 4.22. The molecule has 2 aromatic carbocycles. The van der Waals surface area contributed by atoms with E-state index in [-0.39, 0.29) is 11.4 Å². The smallest absolute Gasteiger partial charge is 0.271 e. The van der Waals surface area contributed by atoms with Crippen LogP contribution >= 0.6 is 0 Å². The van der Waals surface area contributed by atoms with Gasteiger partial charge in [0, 0.05) is 50.4 Å². The summed E-state index contributed by atoms with van der Waals surface area (Å²) in [6.45, 7) is 2.67. The van der Waals surface area contributed by atoms with Gasteiger partial charge < -0.3 is 10.1 Å². The Morgan fingerprint density at radius 1 is 1.16 bits per heavy atom. The second-order valence-electron chi connectivity index (χ2n) is 7.23. The molecular formula is C20H24N4O6S. The van der Waals surface area contributed by atoms with E-state index in [1.165, 1.54) is 35.9 Å². The third-order valence-electron chi connectivity index (χ3n) is 5.04. The van der Waals surface area contributed by atoms with Gasteiger partial charge in [0.2, 0.25) is 10.0 Å². The third kappa shape index (κ3) is 5.78. The Morgan fingerprint density at radius 3 is 2.48 bits per heavy atom. The normalized spacial score (nSPS) is 15.4. The molecule has 1 saturated heterocycles. The molecule has 31 heavy (non-hydrogen) atoms. The van der Waals surface area contributed by atoms with E-state index in [0.29, 0.717) is 44.0 Å². The first-order valence-corrected chi connectivity index (χ1v) is 11.4. The van der Waals surface area contributed by atoms with Gasteiger partial charge in [-0.15, -0.1) is 0 Å². The molecular weight excluding hydrogens is 424 g/mol. The molecule has 1 aliphatic heterocycles. The van der Waals surface area contributed by atoms with Gasteiger partial charge in [0.25, 0.3) is 11.6 Å². The van der Waals surface area contributed by atoms with Gasteiger partial charge in [0.05, 0.1) is 24.0 Å². The van der Waals surface area contributed by atoms with Gasteiger partial charge in [-0.25, -0.2) is 8.42 Å². The van der Waals surface area contributed by atoms with Crippen LogP contribution in [0.2, 0.25) is 0 Å². The van der Waals surface area contributed by atoms with E-state index in [1.807, 2.05) is 6.07 Å². The van der Waals surface area contributed by atoms with Gasteiger partial charge in [0.15, 0.2) is 0 Å². The Hall–Kier alpha value is -3.02. The van der Waals surface area contributed by atoms with Crippen LogP contribution in [0.3, 0.4) is 0 Å². The Balaban J connectivity index is 1.69. The van der Waals surface area contributed by atoms with Crippen molar-refractivity contribution in [1.82, 2.24) is 9.21 Å². The summed E-state index contributed by atoms with van der Waals surface area (Å²) in [4.78, 5) is 25.4. The minimum absolute atomic E-state index is 0.155. The summed E-state index contributed by atoms with van der Waals surface area (Å²) in [7, 11) is -1.77. The second-order valence-corrected chi connectivity index (χ2v) is 9.22. The second kappa shape index (κ2) is 9.41. The standard InChI is InChI=1S/C20H24N4O6S/c1-30-19-7-6-17(24(26)27)13-18(19)21-20(25)16-5-3-4-15(12-16)14-22-8-10-23(11-9-22)31(2,28)29/h3-7,12-13H,8-11,14H2,1-2H3,(H,21,25). The minimum Gasteiger partial charge on any atom is -0.495 e. The average molecular weight is 449 g/mol. The first kappa shape index (κ1) is 22.7. The molecule has 0 aromatic heterocycles. The van der Waals surface area contributed by atoms with E-state index in [2.05, 4.69) is 10.2 Å². The van der Waals surface area contributed by atoms with Gasteiger partial charge in [-0.3, -0.25) is 19.8 Å². The number of methoxy groups -OCH3 is 1. The lowest BCUT2D eigenvalue weighted by Gasteiger charge is -2.33. The van der Waals surface area contributed by atoms with E-state index < -0.39 is 20.9 Å². The van der Waals surface area contributed by atoms with E-state index >= 15 is 0 Å². The van der Waals surface area contributed by atoms with Crippen LogP contribution < -0.4 is 10.1 Å². The predicted molar refractivity (Wildman–Crippen MR) is 116 cm³/mol. The molecule has 0 radical (unpaired) electrons. The molecule has 0 unspecified atom stereocenters. The van der Waals surface area contributed by atoms with Crippen LogP contribution in [0.15, 0.2) is 42.5 Å². The van der Waals surface area contributed by atoms with Crippen LogP contribution in [0.25, 0.3) is 0 Å². The minimum atomic E-state index is -3.18. The highest BCUT2D eigenvalue weighted by Crippen LogP contribution is 2.29. The van der Waals surface area contributed by atoms with Crippen molar-refractivity contribution in [3.05, 3.63) is 63.7 Å². The molecule has 10 nitrogen and oxygen atoms in total. The number of nitro benzene ring substituents is 1. The highest BCUT2D eigenvalue weighted by Gasteiger charge is 2.23. The number of anilines is 1. The molecule has 166 valence electrons. The molecule has 0 spiro atoms. The Bertz CT molecular complexity index is 1080. The van der Waals surface area contributed by atoms with Crippen LogP contribution in [-0.2, 0) is 16.6 Å². The lowest BCUT2D eigenvalue weighted by Crippen LogP contribution is -2.47. The first-order valence-electron chi connectivity index (χ1n) is 9.57. The zero-order chi connectivity index (χ0) is 22.6. The molecule has 1 fully saturated rings. The number of sulfonamides is 1. The summed E-state index contributed by atoms with van der Waals surface area (Å²) in [6.07, 6.45) is 1.21. The van der Waals surface area contributed by atoms with Gasteiger partial charge >= 0.3 is 0 Å². The number of carbonyl (C=O) groups excluding carboxylic acids is 1. The molecule has 3 rings (SSSR count). The molecule has 0 aliphatic carbocycles. The summed E-state index contributed by atoms with van der Waals surface area (Å²) >= 11 is 0. The molecule has 11 heteroatoms. The number of non-ortho nitro benzene ring substituents is 1. The van der Waals surface area contributed by atoms with Crippen LogP contribution in [-0.4, -0.2) is 68.0 Å². The quantitative estimate of drug-likeness (QED) is 0.507. The number of hydrogen-bond donors (Lipinski definition) is 1. The molecule has 0 bridgehead atoms. The monoisotopic (exact) mass is 448 g/mol. The summed E-state index contributed by atoms with van der Waals surface area (Å²) in [5, 5.41) is 13.7. The Morgan fingerprint density at radius 2 is 1.87 bits per heavy atom. The number of amides is 1. The summed E-state index contributed by atoms with van der Waals surface area (Å²) in [6, 6.07) is 11.1. The summed E-state index contributed by atoms with van der Waals surface area (Å²) in [5.41, 5.74) is 1.37. The largest absolute Gasteiger partial charge is 0.495 e. The number of piperazine rings is 1. The van der Waals surface area contributed by atoms with Gasteiger partial charge in [-0.05, 0) is 23.8 Å². The highest BCUT2D eigenvalue weighted by molar-refractivity contribution is 7.88. The number of nitrogens with zero attached hydrogens (tertiary/aromatic N) is 3. The SMILES string of the molecule is COc1ccc([N+](=O)[O-])cc1NC(=O)c1cccc(CN2CCN(S(C)(=O)=O)CC2)c1. The van der Waals surface area contributed by atoms with Crippen molar-refractivity contribution in [2.75, 3.05) is 44.9 Å². The van der Waals surface area contributed by atoms with Crippen LogP contribution in [0, 0.1) is 10.1 Å². The Labute approximate surface area is 180 Å². The average Bonchev–Trinajstić information content (AvgIpc) is 2.73. The molecule has 1 amide bonds. The summed E-state index contributed by atoms with van der Waals surface area (Å²) in [5.74, 6) is -0.0959. The molecule has 0 saturated carbocycles. The van der Waals surface area contributed by atoms with Gasteiger partial charge in [-0.1, -0.05) is 12.1 Å². The molecule has 0 atom stereocenters. The van der Waals surface area contributed by atoms with Crippen LogP contribution in [0.5, 0.6) is 5.75 Å². The van der Waals surface area contributed by atoms with Crippen molar-refractivity contribution >= 4 is 27.3 Å². The lowest BCUT2D eigenvalue weighted by molar-refractivity contribution is -0.384. The maximum atomic E-state index is 12.7. The molecule has 1 N–H and O–H groups in total. The van der Waals surface area contributed by atoms with E-state index in [0.717, 1.165) is 5.56 Å². The van der Waals surface area contributed by atoms with Crippen molar-refractivity contribution in [2.45, 2.75) is 6.54 Å². The zero-order valence-corrected chi connectivity index (χ0v) is 18.1. The maximum Gasteiger partial charge on any atom is 0.271 e. The fourth-order valence-electron chi connectivity index (χ4n) is 3.39. The summed E-state index contributed by atoms with van der Waals surface area (Å²) < 4.78 is 29.9. The van der Waals surface area contributed by atoms with Crippen molar-refractivity contribution in [3.8, 4) is 5.75 Å². The predicted octanol–water partition coefficient (Wildman–Crippen LogP) is 1.93. The maximum absolute atomic E-state index is 12.7. The topological polar surface area (TPSA) is 122 Å². The van der Waals surface area contributed by atoms with Crippen LogP contribution in [0.1, 0.15) is 15.9 Å². The van der Waals surface area contributed by atoms with Gasteiger partial charge in [0.1, 0.15) is 5.75 Å². The van der Waals surface area contributed by atoms with E-state index in [4.69, 9.17) is 4.74 Å². The van der Waals surface area contributed by atoms with Gasteiger partial charge in [-0.2, -0.15) is 4.31 Å². The van der Waals surface area contributed by atoms with Crippen molar-refractivity contribution in [1.29, 1.82) is 0 Å².